The summed E-state index contributed by atoms with van der Waals surface area (Å²) in [5.41, 5.74) is 0.712. The Balaban J connectivity index is 2.10. The molecule has 2 rings (SSSR count). The molecular formula is C20H27Cl2NO2. The summed E-state index contributed by atoms with van der Waals surface area (Å²) >= 11 is 12.2. The minimum Gasteiger partial charge on any atom is -0.463 e. The van der Waals surface area contributed by atoms with E-state index in [4.69, 9.17) is 27.9 Å². The van der Waals surface area contributed by atoms with Crippen LogP contribution in [-0.4, -0.2) is 36.6 Å². The molecule has 3 nitrogen and oxygen atoms in total. The molecule has 138 valence electrons. The molecule has 1 aliphatic rings. The van der Waals surface area contributed by atoms with Crippen molar-refractivity contribution in [3.8, 4) is 0 Å². The fraction of sp³-hybridized carbons (Fsp3) is 0.550. The zero-order valence-electron chi connectivity index (χ0n) is 15.1. The summed E-state index contributed by atoms with van der Waals surface area (Å²) in [5.74, 6) is 0.00352. The zero-order valence-corrected chi connectivity index (χ0v) is 16.6. The number of nitrogens with zero attached hydrogens (tertiary/aromatic N) is 1. The molecule has 0 aliphatic heterocycles. The van der Waals surface area contributed by atoms with Crippen LogP contribution in [0.5, 0.6) is 0 Å². The van der Waals surface area contributed by atoms with Gasteiger partial charge in [-0.1, -0.05) is 48.2 Å². The molecule has 1 aliphatic carbocycles. The van der Waals surface area contributed by atoms with Crippen LogP contribution in [0.2, 0.25) is 10.0 Å². The van der Waals surface area contributed by atoms with Crippen molar-refractivity contribution >= 4 is 29.2 Å². The molecule has 1 aromatic carbocycles. The van der Waals surface area contributed by atoms with Crippen molar-refractivity contribution in [2.24, 2.45) is 5.92 Å². The molecule has 0 saturated heterocycles. The van der Waals surface area contributed by atoms with Gasteiger partial charge in [0, 0.05) is 6.54 Å². The van der Waals surface area contributed by atoms with Crippen LogP contribution in [-0.2, 0) is 16.0 Å². The number of carbonyl (C=O) groups is 1. The molecule has 0 radical (unpaired) electrons. The second-order valence-electron chi connectivity index (χ2n) is 7.18. The molecule has 1 aromatic rings. The number of hydrogen-bond acceptors (Lipinski definition) is 3. The van der Waals surface area contributed by atoms with E-state index in [9.17, 15) is 4.79 Å². The highest BCUT2D eigenvalue weighted by molar-refractivity contribution is 6.42. The minimum atomic E-state index is -0.348. The quantitative estimate of drug-likeness (QED) is 0.459. The summed E-state index contributed by atoms with van der Waals surface area (Å²) in [7, 11) is 2.02. The summed E-state index contributed by atoms with van der Waals surface area (Å²) in [6, 6.07) is 5.65. The van der Waals surface area contributed by atoms with E-state index in [2.05, 4.69) is 18.4 Å². The predicted octanol–water partition coefficient (Wildman–Crippen LogP) is 5.15. The van der Waals surface area contributed by atoms with Crippen molar-refractivity contribution in [2.45, 2.75) is 44.6 Å². The number of likely N-dealkylation sites (N-methyl/N-ethyl adjacent to an activating group) is 1. The molecule has 5 heteroatoms. The van der Waals surface area contributed by atoms with Gasteiger partial charge in [0.25, 0.3) is 0 Å². The third kappa shape index (κ3) is 5.47. The average Bonchev–Trinajstić information content (AvgIpc) is 3.11. The van der Waals surface area contributed by atoms with E-state index < -0.39 is 0 Å². The number of halogens is 2. The lowest BCUT2D eigenvalue weighted by molar-refractivity contribution is -0.152. The van der Waals surface area contributed by atoms with Crippen LogP contribution in [0.3, 0.4) is 0 Å². The number of rotatable bonds is 8. The van der Waals surface area contributed by atoms with Gasteiger partial charge in [-0.05, 0) is 50.9 Å². The second kappa shape index (κ2) is 9.07. The van der Waals surface area contributed by atoms with E-state index in [1.165, 1.54) is 0 Å². The van der Waals surface area contributed by atoms with Gasteiger partial charge in [-0.15, -0.1) is 6.58 Å². The Kier molecular flexibility index (Phi) is 7.36. The summed E-state index contributed by atoms with van der Waals surface area (Å²) < 4.78 is 5.71. The van der Waals surface area contributed by atoms with Gasteiger partial charge in [0.2, 0.25) is 0 Å². The van der Waals surface area contributed by atoms with Crippen molar-refractivity contribution in [3.05, 3.63) is 46.5 Å². The van der Waals surface area contributed by atoms with Gasteiger partial charge in [-0.3, -0.25) is 9.69 Å². The van der Waals surface area contributed by atoms with Crippen molar-refractivity contribution in [1.29, 1.82) is 0 Å². The maximum absolute atomic E-state index is 12.3. The molecule has 1 atom stereocenters. The van der Waals surface area contributed by atoms with Gasteiger partial charge in [-0.2, -0.15) is 0 Å². The average molecular weight is 384 g/mol. The second-order valence-corrected chi connectivity index (χ2v) is 7.99. The molecule has 0 bridgehead atoms. The zero-order chi connectivity index (χ0) is 18.4. The van der Waals surface area contributed by atoms with Crippen LogP contribution in [0.4, 0.5) is 0 Å². The Hall–Kier alpha value is -1.03. The Labute approximate surface area is 160 Å². The van der Waals surface area contributed by atoms with Crippen LogP contribution in [0.15, 0.2) is 30.9 Å². The van der Waals surface area contributed by atoms with Crippen LogP contribution in [0, 0.1) is 5.92 Å². The Morgan fingerprint density at radius 3 is 2.64 bits per heavy atom. The topological polar surface area (TPSA) is 29.5 Å². The van der Waals surface area contributed by atoms with E-state index in [1.54, 1.807) is 6.07 Å². The molecule has 0 aromatic heterocycles. The lowest BCUT2D eigenvalue weighted by Crippen LogP contribution is -2.50. The first-order valence-corrected chi connectivity index (χ1v) is 9.54. The normalized spacial score (nSPS) is 17.5. The molecule has 0 N–H and O–H groups in total. The fourth-order valence-corrected chi connectivity index (χ4v) is 3.63. The van der Waals surface area contributed by atoms with E-state index in [-0.39, 0.29) is 17.4 Å². The summed E-state index contributed by atoms with van der Waals surface area (Å²) in [4.78, 5) is 14.5. The Bertz CT molecular complexity index is 614. The van der Waals surface area contributed by atoms with Crippen LogP contribution in [0.25, 0.3) is 0 Å². The molecule has 0 unspecified atom stereocenters. The summed E-state index contributed by atoms with van der Waals surface area (Å²) in [6.07, 6.45) is 6.70. The summed E-state index contributed by atoms with van der Waals surface area (Å²) in [6.45, 7) is 6.96. The van der Waals surface area contributed by atoms with E-state index in [0.717, 1.165) is 31.2 Å². The molecule has 25 heavy (non-hydrogen) atoms. The van der Waals surface area contributed by atoms with Crippen molar-refractivity contribution in [1.82, 2.24) is 4.90 Å². The van der Waals surface area contributed by atoms with Crippen LogP contribution in [0.1, 0.15) is 38.2 Å². The van der Waals surface area contributed by atoms with Crippen LogP contribution < -0.4 is 0 Å². The highest BCUT2D eigenvalue weighted by atomic mass is 35.5. The van der Waals surface area contributed by atoms with E-state index in [0.29, 0.717) is 29.6 Å². The molecule has 0 amide bonds. The van der Waals surface area contributed by atoms with Crippen molar-refractivity contribution < 1.29 is 9.53 Å². The number of hydrogen-bond donors (Lipinski definition) is 0. The van der Waals surface area contributed by atoms with Gasteiger partial charge in [0.15, 0.2) is 0 Å². The van der Waals surface area contributed by atoms with Gasteiger partial charge in [-0.25, -0.2) is 0 Å². The first-order valence-electron chi connectivity index (χ1n) is 8.78. The third-order valence-corrected chi connectivity index (χ3v) is 5.85. The summed E-state index contributed by atoms with van der Waals surface area (Å²) in [5, 5.41) is 1.08. The van der Waals surface area contributed by atoms with Gasteiger partial charge < -0.3 is 4.74 Å². The van der Waals surface area contributed by atoms with Crippen LogP contribution >= 0.6 is 23.2 Å². The van der Waals surface area contributed by atoms with Gasteiger partial charge in [0.05, 0.1) is 21.5 Å². The minimum absolute atomic E-state index is 0.0649. The smallest absolute Gasteiger partial charge is 0.308 e. The fourth-order valence-electron chi connectivity index (χ4n) is 3.31. The number of benzene rings is 1. The number of esters is 1. The Morgan fingerprint density at radius 2 is 2.04 bits per heavy atom. The highest BCUT2D eigenvalue weighted by Crippen LogP contribution is 2.29. The monoisotopic (exact) mass is 383 g/mol. The lowest BCUT2D eigenvalue weighted by Gasteiger charge is -2.38. The van der Waals surface area contributed by atoms with E-state index in [1.807, 2.05) is 25.3 Å². The molecular weight excluding hydrogens is 357 g/mol. The first kappa shape index (κ1) is 20.3. The Morgan fingerprint density at radius 1 is 1.36 bits per heavy atom. The molecule has 0 heterocycles. The first-order chi connectivity index (χ1) is 11.9. The van der Waals surface area contributed by atoms with Gasteiger partial charge >= 0.3 is 5.97 Å². The largest absolute Gasteiger partial charge is 0.463 e. The van der Waals surface area contributed by atoms with Crippen molar-refractivity contribution in [3.63, 3.8) is 0 Å². The predicted molar refractivity (Wildman–Crippen MR) is 104 cm³/mol. The number of ether oxygens (including phenoxy) is 1. The van der Waals surface area contributed by atoms with Gasteiger partial charge in [0.1, 0.15) is 6.61 Å². The van der Waals surface area contributed by atoms with E-state index >= 15 is 0 Å². The lowest BCUT2D eigenvalue weighted by atomic mass is 9.91. The maximum atomic E-state index is 12.3. The SMILES string of the molecule is C=CCN(C)[C@](C)(COC(=O)C1CCCC1)Cc1ccc(Cl)c(Cl)c1. The molecule has 0 spiro atoms. The standard InChI is InChI=1S/C20H27Cl2NO2/c1-4-11-23(3)20(2,13-15-9-10-17(21)18(22)12-15)14-25-19(24)16-7-5-6-8-16/h4,9-10,12,16H,1,5-8,11,13-14H2,2-3H3/t20-/m0/s1. The number of carbonyl (C=O) groups excluding carboxylic acids is 1. The van der Waals surface area contributed by atoms with Crippen molar-refractivity contribution in [2.75, 3.05) is 20.2 Å². The molecule has 1 fully saturated rings. The highest BCUT2D eigenvalue weighted by Gasteiger charge is 2.33. The third-order valence-electron chi connectivity index (χ3n) is 5.11. The molecule has 1 saturated carbocycles. The maximum Gasteiger partial charge on any atom is 0.308 e.